The SMILES string of the molecule is CCCN(CCC)C(=O)CSc1nc2c(c(=O)n1-c1ccccc1C)C1(CCCC1)Cc1ccccc1-2. The Morgan fingerprint density at radius 3 is 2.41 bits per heavy atom. The fourth-order valence-corrected chi connectivity index (χ4v) is 7.15. The number of aromatic nitrogens is 2. The first-order valence-corrected chi connectivity index (χ1v) is 14.7. The number of rotatable bonds is 8. The van der Waals surface area contributed by atoms with Crippen molar-refractivity contribution in [3.63, 3.8) is 0 Å². The lowest BCUT2D eigenvalue weighted by atomic mass is 9.68. The molecule has 1 aromatic heterocycles. The third kappa shape index (κ3) is 4.76. The lowest BCUT2D eigenvalue weighted by Gasteiger charge is -2.36. The van der Waals surface area contributed by atoms with Gasteiger partial charge in [-0.3, -0.25) is 14.2 Å². The van der Waals surface area contributed by atoms with Gasteiger partial charge in [0.05, 0.1) is 22.7 Å². The maximum Gasteiger partial charge on any atom is 0.263 e. The molecule has 0 aliphatic heterocycles. The van der Waals surface area contributed by atoms with Crippen LogP contribution in [0.15, 0.2) is 58.5 Å². The van der Waals surface area contributed by atoms with Crippen molar-refractivity contribution in [3.8, 4) is 16.9 Å². The summed E-state index contributed by atoms with van der Waals surface area (Å²) in [4.78, 5) is 34.9. The number of benzene rings is 2. The Bertz CT molecular complexity index is 1350. The van der Waals surface area contributed by atoms with Gasteiger partial charge in [0.25, 0.3) is 5.56 Å². The van der Waals surface area contributed by atoms with E-state index in [1.807, 2.05) is 42.2 Å². The van der Waals surface area contributed by atoms with Crippen molar-refractivity contribution in [2.24, 2.45) is 0 Å². The highest BCUT2D eigenvalue weighted by molar-refractivity contribution is 7.99. The maximum atomic E-state index is 14.6. The van der Waals surface area contributed by atoms with Crippen LogP contribution in [0.3, 0.4) is 0 Å². The summed E-state index contributed by atoms with van der Waals surface area (Å²) in [7, 11) is 0. The Kier molecular flexibility index (Phi) is 7.57. The highest BCUT2D eigenvalue weighted by Gasteiger charge is 2.44. The van der Waals surface area contributed by atoms with Crippen molar-refractivity contribution in [2.45, 2.75) is 76.3 Å². The average Bonchev–Trinajstić information content (AvgIpc) is 3.36. The van der Waals surface area contributed by atoms with Crippen LogP contribution in [0.5, 0.6) is 0 Å². The molecule has 2 aliphatic carbocycles. The summed E-state index contributed by atoms with van der Waals surface area (Å²) in [5, 5.41) is 0.601. The first kappa shape index (κ1) is 25.8. The van der Waals surface area contributed by atoms with Gasteiger partial charge in [-0.25, -0.2) is 4.98 Å². The second-order valence-corrected chi connectivity index (χ2v) is 11.5. The highest BCUT2D eigenvalue weighted by atomic mass is 32.2. The van der Waals surface area contributed by atoms with Gasteiger partial charge in [0, 0.05) is 24.1 Å². The van der Waals surface area contributed by atoms with E-state index in [2.05, 4.69) is 32.0 Å². The van der Waals surface area contributed by atoms with Gasteiger partial charge in [0.2, 0.25) is 5.91 Å². The smallest absolute Gasteiger partial charge is 0.263 e. The molecule has 194 valence electrons. The molecule has 0 saturated heterocycles. The molecular formula is C31H37N3O2S. The molecule has 0 unspecified atom stereocenters. The second kappa shape index (κ2) is 10.9. The van der Waals surface area contributed by atoms with Crippen molar-refractivity contribution in [2.75, 3.05) is 18.8 Å². The summed E-state index contributed by atoms with van der Waals surface area (Å²) in [6.07, 6.45) is 7.08. The standard InChI is InChI=1S/C31H37N3O2S/c1-4-18-33(19-5-2)26(35)21-37-30-32-28-24-14-8-7-13-23(24)20-31(16-10-11-17-31)27(28)29(36)34(30)25-15-9-6-12-22(25)3/h6-9,12-15H,4-5,10-11,16-21H2,1-3H3. The zero-order chi connectivity index (χ0) is 26.0. The van der Waals surface area contributed by atoms with Crippen LogP contribution in [0.1, 0.15) is 69.1 Å². The molecule has 2 aromatic carbocycles. The molecule has 1 fully saturated rings. The van der Waals surface area contributed by atoms with Crippen LogP contribution in [0, 0.1) is 6.92 Å². The lowest BCUT2D eigenvalue weighted by Crippen LogP contribution is -2.40. The Morgan fingerprint density at radius 2 is 1.70 bits per heavy atom. The number of thioether (sulfide) groups is 1. The summed E-state index contributed by atoms with van der Waals surface area (Å²) in [6, 6.07) is 16.4. The van der Waals surface area contributed by atoms with Crippen molar-refractivity contribution >= 4 is 17.7 Å². The van der Waals surface area contributed by atoms with Gasteiger partial charge in [-0.15, -0.1) is 0 Å². The third-order valence-electron chi connectivity index (χ3n) is 7.97. The number of para-hydroxylation sites is 1. The Labute approximate surface area is 224 Å². The molecule has 0 atom stereocenters. The molecule has 1 saturated carbocycles. The van der Waals surface area contributed by atoms with Crippen molar-refractivity contribution in [1.82, 2.24) is 14.5 Å². The van der Waals surface area contributed by atoms with Crippen molar-refractivity contribution < 1.29 is 4.79 Å². The summed E-state index contributed by atoms with van der Waals surface area (Å²) >= 11 is 1.39. The van der Waals surface area contributed by atoms with Gasteiger partial charge >= 0.3 is 0 Å². The summed E-state index contributed by atoms with van der Waals surface area (Å²) in [6.45, 7) is 7.74. The Balaban J connectivity index is 1.67. The van der Waals surface area contributed by atoms with Crippen molar-refractivity contribution in [1.29, 1.82) is 0 Å². The second-order valence-electron chi connectivity index (χ2n) is 10.5. The van der Waals surface area contributed by atoms with Gasteiger partial charge < -0.3 is 4.90 Å². The van der Waals surface area contributed by atoms with E-state index in [1.165, 1.54) is 17.3 Å². The number of amides is 1. The fourth-order valence-electron chi connectivity index (χ4n) is 6.25. The van der Waals surface area contributed by atoms with Crippen LogP contribution in [0.2, 0.25) is 0 Å². The predicted molar refractivity (Wildman–Crippen MR) is 152 cm³/mol. The quantitative estimate of drug-likeness (QED) is 0.260. The molecule has 1 spiro atoms. The van der Waals surface area contributed by atoms with Gasteiger partial charge in [-0.1, -0.05) is 80.9 Å². The van der Waals surface area contributed by atoms with E-state index < -0.39 is 0 Å². The van der Waals surface area contributed by atoms with Crippen LogP contribution in [0.4, 0.5) is 0 Å². The largest absolute Gasteiger partial charge is 0.342 e. The first-order valence-electron chi connectivity index (χ1n) is 13.7. The molecule has 2 aliphatic rings. The third-order valence-corrected chi connectivity index (χ3v) is 8.89. The number of hydrogen-bond acceptors (Lipinski definition) is 4. The van der Waals surface area contributed by atoms with E-state index in [0.29, 0.717) is 5.16 Å². The van der Waals surface area contributed by atoms with Gasteiger partial charge in [0.1, 0.15) is 0 Å². The topological polar surface area (TPSA) is 55.2 Å². The van der Waals surface area contributed by atoms with Crippen LogP contribution in [-0.2, 0) is 16.6 Å². The molecule has 5 rings (SSSR count). The zero-order valence-corrected chi connectivity index (χ0v) is 23.1. The molecule has 0 N–H and O–H groups in total. The van der Waals surface area contributed by atoms with E-state index in [1.54, 1.807) is 4.57 Å². The molecule has 5 nitrogen and oxygen atoms in total. The van der Waals surface area contributed by atoms with Crippen LogP contribution in [0.25, 0.3) is 16.9 Å². The van der Waals surface area contributed by atoms with Crippen LogP contribution < -0.4 is 5.56 Å². The van der Waals surface area contributed by atoms with Crippen LogP contribution >= 0.6 is 11.8 Å². The van der Waals surface area contributed by atoms with Gasteiger partial charge in [-0.2, -0.15) is 0 Å². The van der Waals surface area contributed by atoms with E-state index in [9.17, 15) is 9.59 Å². The summed E-state index contributed by atoms with van der Waals surface area (Å²) in [5.74, 6) is 0.369. The predicted octanol–water partition coefficient (Wildman–Crippen LogP) is 6.32. The van der Waals surface area contributed by atoms with E-state index in [4.69, 9.17) is 4.98 Å². The molecule has 3 aromatic rings. The van der Waals surface area contributed by atoms with E-state index in [-0.39, 0.29) is 22.6 Å². The number of carbonyl (C=O) groups is 1. The number of carbonyl (C=O) groups excluding carboxylic acids is 1. The molecular weight excluding hydrogens is 478 g/mol. The number of fused-ring (bicyclic) bond motifs is 4. The fraction of sp³-hybridized carbons (Fsp3) is 0.452. The van der Waals surface area contributed by atoms with Gasteiger partial charge in [0.15, 0.2) is 5.16 Å². The average molecular weight is 516 g/mol. The molecule has 6 heteroatoms. The van der Waals surface area contributed by atoms with E-state index >= 15 is 0 Å². The lowest BCUT2D eigenvalue weighted by molar-refractivity contribution is -0.128. The number of aryl methyl sites for hydroxylation is 1. The number of hydrogen-bond donors (Lipinski definition) is 0. The highest BCUT2D eigenvalue weighted by Crippen LogP contribution is 2.50. The maximum absolute atomic E-state index is 14.6. The summed E-state index contributed by atoms with van der Waals surface area (Å²) in [5.41, 5.74) is 5.80. The molecule has 0 radical (unpaired) electrons. The van der Waals surface area contributed by atoms with Gasteiger partial charge in [-0.05, 0) is 56.2 Å². The first-order chi connectivity index (χ1) is 18.0. The normalized spacial score (nSPS) is 15.4. The minimum absolute atomic E-state index is 0.0321. The molecule has 1 amide bonds. The van der Waals surface area contributed by atoms with E-state index in [0.717, 1.165) is 86.1 Å². The van der Waals surface area contributed by atoms with Crippen LogP contribution in [-0.4, -0.2) is 39.2 Å². The molecule has 1 heterocycles. The Hall–Kier alpha value is -2.86. The summed E-state index contributed by atoms with van der Waals surface area (Å²) < 4.78 is 1.80. The zero-order valence-electron chi connectivity index (χ0n) is 22.3. The molecule has 37 heavy (non-hydrogen) atoms. The Morgan fingerprint density at radius 1 is 1.03 bits per heavy atom. The molecule has 0 bridgehead atoms. The monoisotopic (exact) mass is 515 g/mol. The minimum Gasteiger partial charge on any atom is -0.342 e. The minimum atomic E-state index is -0.156. The van der Waals surface area contributed by atoms with Crippen molar-refractivity contribution in [3.05, 3.63) is 75.6 Å². The number of nitrogens with zero attached hydrogens (tertiary/aromatic N) is 3.